The summed E-state index contributed by atoms with van der Waals surface area (Å²) < 4.78 is 5.56. The monoisotopic (exact) mass is 415 g/mol. The molecule has 30 heavy (non-hydrogen) atoms. The molecule has 1 amide bonds. The number of pyridine rings is 1. The molecule has 7 nitrogen and oxygen atoms in total. The standard InChI is InChI=1S/C23H37N5O2/c1-5-26-13-15-27(16-14-26)19-8-6-7-18(25-19)20-23(17-24-20)9-11-28(12-10-23)21(29)30-22(2,3)4/h6-8,20,24H,5,9-17H2,1-4H3. The minimum atomic E-state index is -0.445. The van der Waals surface area contributed by atoms with E-state index in [0.29, 0.717) is 0 Å². The van der Waals surface area contributed by atoms with Crippen molar-refractivity contribution in [2.24, 2.45) is 5.41 Å². The third kappa shape index (κ3) is 4.42. The van der Waals surface area contributed by atoms with Crippen LogP contribution in [0.2, 0.25) is 0 Å². The van der Waals surface area contributed by atoms with E-state index in [0.717, 1.165) is 76.7 Å². The van der Waals surface area contributed by atoms with Crippen molar-refractivity contribution in [3.63, 3.8) is 0 Å². The van der Waals surface area contributed by atoms with Gasteiger partial charge in [0.2, 0.25) is 0 Å². The zero-order valence-electron chi connectivity index (χ0n) is 19.0. The summed E-state index contributed by atoms with van der Waals surface area (Å²) in [6, 6.07) is 6.72. The molecule has 3 fully saturated rings. The molecule has 3 aliphatic heterocycles. The van der Waals surface area contributed by atoms with E-state index in [4.69, 9.17) is 9.72 Å². The van der Waals surface area contributed by atoms with E-state index in [-0.39, 0.29) is 17.6 Å². The van der Waals surface area contributed by atoms with E-state index in [9.17, 15) is 4.79 Å². The Balaban J connectivity index is 1.39. The topological polar surface area (TPSA) is 60.9 Å². The molecule has 3 aliphatic rings. The van der Waals surface area contributed by atoms with Gasteiger partial charge < -0.3 is 24.8 Å². The number of nitrogens with zero attached hydrogens (tertiary/aromatic N) is 4. The molecule has 0 radical (unpaired) electrons. The maximum Gasteiger partial charge on any atom is 0.410 e. The highest BCUT2D eigenvalue weighted by Crippen LogP contribution is 2.48. The third-order valence-electron chi connectivity index (χ3n) is 6.88. The van der Waals surface area contributed by atoms with Gasteiger partial charge in [-0.3, -0.25) is 0 Å². The zero-order valence-corrected chi connectivity index (χ0v) is 19.0. The van der Waals surface area contributed by atoms with Gasteiger partial charge in [-0.25, -0.2) is 9.78 Å². The summed E-state index contributed by atoms with van der Waals surface area (Å²) in [5.74, 6) is 1.10. The van der Waals surface area contributed by atoms with E-state index >= 15 is 0 Å². The van der Waals surface area contributed by atoms with E-state index in [1.165, 1.54) is 0 Å². The largest absolute Gasteiger partial charge is 0.444 e. The normalized spacial score (nSPS) is 24.6. The quantitative estimate of drug-likeness (QED) is 0.819. The highest BCUT2D eigenvalue weighted by Gasteiger charge is 2.50. The van der Waals surface area contributed by atoms with Crippen molar-refractivity contribution >= 4 is 11.9 Å². The summed E-state index contributed by atoms with van der Waals surface area (Å²) in [6.45, 7) is 15.9. The van der Waals surface area contributed by atoms with Gasteiger partial charge in [0.15, 0.2) is 0 Å². The molecule has 1 unspecified atom stereocenters. The lowest BCUT2D eigenvalue weighted by Crippen LogP contribution is -2.61. The summed E-state index contributed by atoms with van der Waals surface area (Å²) in [5.41, 5.74) is 0.896. The van der Waals surface area contributed by atoms with Crippen molar-refractivity contribution in [3.05, 3.63) is 23.9 Å². The van der Waals surface area contributed by atoms with Gasteiger partial charge in [-0.1, -0.05) is 13.0 Å². The maximum absolute atomic E-state index is 12.4. The van der Waals surface area contributed by atoms with Crippen LogP contribution in [0.1, 0.15) is 52.3 Å². The fraction of sp³-hybridized carbons (Fsp3) is 0.739. The van der Waals surface area contributed by atoms with Gasteiger partial charge in [0, 0.05) is 51.2 Å². The summed E-state index contributed by atoms with van der Waals surface area (Å²) in [4.78, 5) is 24.2. The molecule has 1 N–H and O–H groups in total. The van der Waals surface area contributed by atoms with Gasteiger partial charge in [-0.2, -0.15) is 0 Å². The Morgan fingerprint density at radius 3 is 2.43 bits per heavy atom. The van der Waals surface area contributed by atoms with Crippen LogP contribution in [0.15, 0.2) is 18.2 Å². The van der Waals surface area contributed by atoms with Crippen LogP contribution in [-0.4, -0.2) is 78.8 Å². The summed E-state index contributed by atoms with van der Waals surface area (Å²) in [7, 11) is 0. The average molecular weight is 416 g/mol. The van der Waals surface area contributed by atoms with Crippen molar-refractivity contribution in [1.29, 1.82) is 0 Å². The summed E-state index contributed by atoms with van der Waals surface area (Å²) in [6.07, 6.45) is 1.79. The molecule has 1 aromatic rings. The molecular weight excluding hydrogens is 378 g/mol. The van der Waals surface area contributed by atoms with E-state index in [1.54, 1.807) is 0 Å². The second-order valence-electron chi connectivity index (χ2n) is 9.99. The van der Waals surface area contributed by atoms with E-state index in [1.807, 2.05) is 25.7 Å². The van der Waals surface area contributed by atoms with Crippen LogP contribution in [0, 0.1) is 5.41 Å². The number of likely N-dealkylation sites (N-methyl/N-ethyl adjacent to an activating group) is 1. The number of hydrogen-bond acceptors (Lipinski definition) is 6. The Kier molecular flexibility index (Phi) is 5.95. The molecule has 166 valence electrons. The SMILES string of the molecule is CCN1CCN(c2cccc(C3NCC34CCN(C(=O)OC(C)(C)C)CC4)n2)CC1. The number of carbonyl (C=O) groups is 1. The molecule has 0 aromatic carbocycles. The minimum absolute atomic E-state index is 0.187. The van der Waals surface area contributed by atoms with Gasteiger partial charge in [-0.15, -0.1) is 0 Å². The van der Waals surface area contributed by atoms with Gasteiger partial charge in [-0.05, 0) is 52.3 Å². The maximum atomic E-state index is 12.4. The Hall–Kier alpha value is -1.86. The Morgan fingerprint density at radius 1 is 1.17 bits per heavy atom. The number of likely N-dealkylation sites (tertiary alicyclic amines) is 1. The van der Waals surface area contributed by atoms with Crippen molar-refractivity contribution in [3.8, 4) is 0 Å². The molecule has 0 aliphatic carbocycles. The average Bonchev–Trinajstić information content (AvgIpc) is 2.72. The molecule has 0 saturated carbocycles. The Labute approximate surface area is 180 Å². The number of nitrogens with one attached hydrogen (secondary N) is 1. The van der Waals surface area contributed by atoms with Crippen molar-refractivity contribution in [2.75, 3.05) is 57.3 Å². The predicted octanol–water partition coefficient (Wildman–Crippen LogP) is 2.89. The summed E-state index contributed by atoms with van der Waals surface area (Å²) in [5, 5.41) is 3.63. The molecule has 1 atom stereocenters. The number of anilines is 1. The van der Waals surface area contributed by atoms with Crippen LogP contribution in [0.5, 0.6) is 0 Å². The zero-order chi connectivity index (χ0) is 21.4. The first kappa shape index (κ1) is 21.4. The van der Waals surface area contributed by atoms with Gasteiger partial charge in [0.05, 0.1) is 11.7 Å². The lowest BCUT2D eigenvalue weighted by molar-refractivity contribution is -0.0190. The molecule has 4 rings (SSSR count). The van der Waals surface area contributed by atoms with Crippen LogP contribution in [0.3, 0.4) is 0 Å². The van der Waals surface area contributed by atoms with Gasteiger partial charge in [0.1, 0.15) is 11.4 Å². The number of amides is 1. The van der Waals surface area contributed by atoms with Crippen LogP contribution >= 0.6 is 0 Å². The van der Waals surface area contributed by atoms with E-state index in [2.05, 4.69) is 40.2 Å². The van der Waals surface area contributed by atoms with Crippen molar-refractivity contribution < 1.29 is 9.53 Å². The number of piperidine rings is 1. The lowest BCUT2D eigenvalue weighted by Gasteiger charge is -2.54. The van der Waals surface area contributed by atoms with Crippen molar-refractivity contribution in [2.45, 2.75) is 52.2 Å². The third-order valence-corrected chi connectivity index (χ3v) is 6.88. The number of rotatable bonds is 3. The van der Waals surface area contributed by atoms with Crippen LogP contribution in [-0.2, 0) is 4.74 Å². The van der Waals surface area contributed by atoms with E-state index < -0.39 is 5.60 Å². The minimum Gasteiger partial charge on any atom is -0.444 e. The molecular formula is C23H37N5O2. The van der Waals surface area contributed by atoms with Crippen molar-refractivity contribution in [1.82, 2.24) is 20.1 Å². The van der Waals surface area contributed by atoms with Crippen LogP contribution in [0.25, 0.3) is 0 Å². The highest BCUT2D eigenvalue weighted by molar-refractivity contribution is 5.68. The predicted molar refractivity (Wildman–Crippen MR) is 119 cm³/mol. The lowest BCUT2D eigenvalue weighted by atomic mass is 9.65. The second-order valence-corrected chi connectivity index (χ2v) is 9.99. The first-order valence-corrected chi connectivity index (χ1v) is 11.5. The highest BCUT2D eigenvalue weighted by atomic mass is 16.6. The molecule has 1 aromatic heterocycles. The van der Waals surface area contributed by atoms with Gasteiger partial charge >= 0.3 is 6.09 Å². The molecule has 0 bridgehead atoms. The molecule has 1 spiro atoms. The Morgan fingerprint density at radius 2 is 1.87 bits per heavy atom. The summed E-state index contributed by atoms with van der Waals surface area (Å²) >= 11 is 0. The molecule has 3 saturated heterocycles. The first-order chi connectivity index (χ1) is 14.3. The van der Waals surface area contributed by atoms with Crippen LogP contribution < -0.4 is 10.2 Å². The number of carbonyl (C=O) groups excluding carboxylic acids is 1. The van der Waals surface area contributed by atoms with Crippen LogP contribution in [0.4, 0.5) is 10.6 Å². The number of piperazine rings is 1. The second kappa shape index (κ2) is 8.35. The van der Waals surface area contributed by atoms with Gasteiger partial charge in [0.25, 0.3) is 0 Å². The molecule has 7 heteroatoms. The first-order valence-electron chi connectivity index (χ1n) is 11.5. The molecule has 4 heterocycles. The number of ether oxygens (including phenoxy) is 1. The smallest absolute Gasteiger partial charge is 0.410 e. The fourth-order valence-corrected chi connectivity index (χ4v) is 4.91. The Bertz CT molecular complexity index is 746. The number of aromatic nitrogens is 1. The fourth-order valence-electron chi connectivity index (χ4n) is 4.91. The number of hydrogen-bond donors (Lipinski definition) is 1.